The number of rotatable bonds is 6. The lowest BCUT2D eigenvalue weighted by Gasteiger charge is -2.22. The number of carbonyl (C=O) groups excluding carboxylic acids is 2. The Morgan fingerprint density at radius 3 is 2.42 bits per heavy atom. The van der Waals surface area contributed by atoms with Crippen molar-refractivity contribution < 1.29 is 19.1 Å². The summed E-state index contributed by atoms with van der Waals surface area (Å²) in [6, 6.07) is 10.3. The number of hydrogen-bond acceptors (Lipinski definition) is 4. The van der Waals surface area contributed by atoms with Gasteiger partial charge in [-0.2, -0.15) is 0 Å². The normalized spacial score (nSPS) is 10.2. The van der Waals surface area contributed by atoms with Gasteiger partial charge in [0.2, 0.25) is 11.8 Å². The zero-order chi connectivity index (χ0) is 19.3. The summed E-state index contributed by atoms with van der Waals surface area (Å²) >= 11 is 6.07. The van der Waals surface area contributed by atoms with Crippen LogP contribution in [0.5, 0.6) is 11.5 Å². The summed E-state index contributed by atoms with van der Waals surface area (Å²) in [5.74, 6) is 0.414. The van der Waals surface area contributed by atoms with Crippen LogP contribution in [0.3, 0.4) is 0 Å². The van der Waals surface area contributed by atoms with E-state index in [9.17, 15) is 9.59 Å². The molecule has 0 aromatic heterocycles. The van der Waals surface area contributed by atoms with Gasteiger partial charge in [0.05, 0.1) is 14.2 Å². The van der Waals surface area contributed by atoms with E-state index in [0.717, 1.165) is 5.56 Å². The van der Waals surface area contributed by atoms with E-state index in [-0.39, 0.29) is 18.4 Å². The molecule has 0 spiro atoms. The minimum absolute atomic E-state index is 0.142. The molecular weight excluding hydrogens is 356 g/mol. The van der Waals surface area contributed by atoms with E-state index < -0.39 is 0 Å². The maximum atomic E-state index is 12.4. The van der Waals surface area contributed by atoms with Crippen LogP contribution in [0.1, 0.15) is 12.5 Å². The second kappa shape index (κ2) is 8.58. The summed E-state index contributed by atoms with van der Waals surface area (Å²) in [4.78, 5) is 25.9. The van der Waals surface area contributed by atoms with E-state index in [1.807, 2.05) is 6.92 Å². The predicted octanol–water partition coefficient (Wildman–Crippen LogP) is 3.66. The number of carbonyl (C=O) groups is 2. The third-order valence-electron chi connectivity index (χ3n) is 3.90. The Hall–Kier alpha value is -2.73. The second-order valence-corrected chi connectivity index (χ2v) is 6.01. The molecule has 138 valence electrons. The molecule has 0 aliphatic heterocycles. The van der Waals surface area contributed by atoms with Gasteiger partial charge in [0.1, 0.15) is 6.54 Å². The first kappa shape index (κ1) is 19.6. The summed E-state index contributed by atoms with van der Waals surface area (Å²) < 4.78 is 10.5. The molecule has 2 amide bonds. The van der Waals surface area contributed by atoms with Gasteiger partial charge in [-0.15, -0.1) is 0 Å². The van der Waals surface area contributed by atoms with Crippen LogP contribution < -0.4 is 19.7 Å². The summed E-state index contributed by atoms with van der Waals surface area (Å²) in [6.45, 7) is 3.07. The first-order valence-corrected chi connectivity index (χ1v) is 8.30. The first-order chi connectivity index (χ1) is 12.4. The Morgan fingerprint density at radius 2 is 1.81 bits per heavy atom. The topological polar surface area (TPSA) is 67.9 Å². The summed E-state index contributed by atoms with van der Waals surface area (Å²) in [5.41, 5.74) is 1.91. The molecular formula is C19H21ClN2O4. The monoisotopic (exact) mass is 376 g/mol. The Balaban J connectivity index is 2.21. The van der Waals surface area contributed by atoms with Gasteiger partial charge in [-0.05, 0) is 36.8 Å². The number of methoxy groups -OCH3 is 2. The molecule has 7 heteroatoms. The van der Waals surface area contributed by atoms with E-state index in [0.29, 0.717) is 27.9 Å². The van der Waals surface area contributed by atoms with Crippen molar-refractivity contribution in [2.45, 2.75) is 13.8 Å². The Morgan fingerprint density at radius 1 is 1.12 bits per heavy atom. The van der Waals surface area contributed by atoms with Crippen LogP contribution in [-0.2, 0) is 9.59 Å². The fraction of sp³-hybridized carbons (Fsp3) is 0.263. The Labute approximate surface area is 157 Å². The molecule has 0 heterocycles. The number of halogens is 1. The number of nitrogens with one attached hydrogen (secondary N) is 1. The molecule has 26 heavy (non-hydrogen) atoms. The molecule has 0 atom stereocenters. The number of ether oxygens (including phenoxy) is 2. The van der Waals surface area contributed by atoms with Gasteiger partial charge in [-0.1, -0.05) is 17.7 Å². The van der Waals surface area contributed by atoms with Crippen molar-refractivity contribution in [1.82, 2.24) is 0 Å². The molecule has 0 aliphatic rings. The van der Waals surface area contributed by atoms with E-state index >= 15 is 0 Å². The number of amides is 2. The zero-order valence-electron chi connectivity index (χ0n) is 15.1. The molecule has 2 aromatic rings. The van der Waals surface area contributed by atoms with Crippen LogP contribution in [-0.4, -0.2) is 32.6 Å². The number of hydrogen-bond donors (Lipinski definition) is 1. The third kappa shape index (κ3) is 4.46. The molecule has 2 aromatic carbocycles. The van der Waals surface area contributed by atoms with Gasteiger partial charge in [0.15, 0.2) is 11.5 Å². The lowest BCUT2D eigenvalue weighted by atomic mass is 10.2. The van der Waals surface area contributed by atoms with E-state index in [1.54, 1.807) is 36.4 Å². The molecule has 2 rings (SSSR count). The van der Waals surface area contributed by atoms with Crippen molar-refractivity contribution in [3.8, 4) is 11.5 Å². The minimum atomic E-state index is -0.333. The molecule has 0 radical (unpaired) electrons. The van der Waals surface area contributed by atoms with Crippen LogP contribution >= 0.6 is 11.6 Å². The van der Waals surface area contributed by atoms with Crippen molar-refractivity contribution in [2.24, 2.45) is 0 Å². The SMILES string of the molecule is COc1ccc(N(CC(=O)Nc2cccc(Cl)c2C)C(C)=O)cc1OC. The molecule has 0 bridgehead atoms. The van der Waals surface area contributed by atoms with Crippen LogP contribution in [0.25, 0.3) is 0 Å². The van der Waals surface area contributed by atoms with Crippen LogP contribution in [0.4, 0.5) is 11.4 Å². The molecule has 0 unspecified atom stereocenters. The Bertz CT molecular complexity index is 823. The van der Waals surface area contributed by atoms with Gasteiger partial charge in [-0.3, -0.25) is 9.59 Å². The minimum Gasteiger partial charge on any atom is -0.493 e. The van der Waals surface area contributed by atoms with Gasteiger partial charge < -0.3 is 19.7 Å². The van der Waals surface area contributed by atoms with Gasteiger partial charge in [0, 0.05) is 29.4 Å². The highest BCUT2D eigenvalue weighted by molar-refractivity contribution is 6.31. The maximum absolute atomic E-state index is 12.4. The highest BCUT2D eigenvalue weighted by Gasteiger charge is 2.18. The van der Waals surface area contributed by atoms with E-state index in [1.165, 1.54) is 26.0 Å². The number of nitrogens with zero attached hydrogens (tertiary/aromatic N) is 1. The average molecular weight is 377 g/mol. The van der Waals surface area contributed by atoms with Crippen molar-refractivity contribution >= 4 is 34.8 Å². The van der Waals surface area contributed by atoms with Crippen molar-refractivity contribution in [3.05, 3.63) is 47.0 Å². The quantitative estimate of drug-likeness (QED) is 0.835. The van der Waals surface area contributed by atoms with Crippen LogP contribution in [0.2, 0.25) is 5.02 Å². The van der Waals surface area contributed by atoms with Crippen molar-refractivity contribution in [3.63, 3.8) is 0 Å². The molecule has 0 saturated heterocycles. The van der Waals surface area contributed by atoms with Crippen molar-refractivity contribution in [1.29, 1.82) is 0 Å². The number of benzene rings is 2. The Kier molecular flexibility index (Phi) is 6.46. The van der Waals surface area contributed by atoms with Gasteiger partial charge >= 0.3 is 0 Å². The van der Waals surface area contributed by atoms with E-state index in [4.69, 9.17) is 21.1 Å². The maximum Gasteiger partial charge on any atom is 0.244 e. The average Bonchev–Trinajstić information content (AvgIpc) is 2.62. The predicted molar refractivity (Wildman–Crippen MR) is 102 cm³/mol. The standard InChI is InChI=1S/C19H21ClN2O4/c1-12-15(20)6-5-7-16(12)21-19(24)11-22(13(2)23)14-8-9-17(25-3)18(10-14)26-4/h5-10H,11H2,1-4H3,(H,21,24). The zero-order valence-corrected chi connectivity index (χ0v) is 15.9. The highest BCUT2D eigenvalue weighted by Crippen LogP contribution is 2.31. The highest BCUT2D eigenvalue weighted by atomic mass is 35.5. The summed E-state index contributed by atoms with van der Waals surface area (Å²) in [5, 5.41) is 3.35. The van der Waals surface area contributed by atoms with Crippen LogP contribution in [0.15, 0.2) is 36.4 Å². The number of anilines is 2. The molecule has 1 N–H and O–H groups in total. The van der Waals surface area contributed by atoms with Gasteiger partial charge in [-0.25, -0.2) is 0 Å². The first-order valence-electron chi connectivity index (χ1n) is 7.92. The third-order valence-corrected chi connectivity index (χ3v) is 4.31. The van der Waals surface area contributed by atoms with Crippen LogP contribution in [0, 0.1) is 6.92 Å². The fourth-order valence-corrected chi connectivity index (χ4v) is 2.63. The molecule has 0 aliphatic carbocycles. The van der Waals surface area contributed by atoms with Crippen molar-refractivity contribution in [2.75, 3.05) is 31.0 Å². The summed E-state index contributed by atoms with van der Waals surface area (Å²) in [7, 11) is 3.04. The molecule has 6 nitrogen and oxygen atoms in total. The lowest BCUT2D eigenvalue weighted by molar-refractivity contribution is -0.120. The molecule has 0 fully saturated rings. The van der Waals surface area contributed by atoms with Gasteiger partial charge in [0.25, 0.3) is 0 Å². The summed E-state index contributed by atoms with van der Waals surface area (Å²) in [6.07, 6.45) is 0. The fourth-order valence-electron chi connectivity index (χ4n) is 2.45. The lowest BCUT2D eigenvalue weighted by Crippen LogP contribution is -2.36. The largest absolute Gasteiger partial charge is 0.493 e. The second-order valence-electron chi connectivity index (χ2n) is 5.61. The smallest absolute Gasteiger partial charge is 0.244 e. The molecule has 0 saturated carbocycles. The van der Waals surface area contributed by atoms with E-state index in [2.05, 4.69) is 5.32 Å².